The Kier molecular flexibility index (Phi) is 5.27. The molecule has 0 bridgehead atoms. The van der Waals surface area contributed by atoms with E-state index in [-0.39, 0.29) is 6.10 Å². The Morgan fingerprint density at radius 3 is 2.43 bits per heavy atom. The second-order valence-corrected chi connectivity index (χ2v) is 5.60. The van der Waals surface area contributed by atoms with Gasteiger partial charge in [0.2, 0.25) is 0 Å². The normalized spacial score (nSPS) is 16.7. The first-order valence-corrected chi connectivity index (χ1v) is 8.06. The summed E-state index contributed by atoms with van der Waals surface area (Å²) in [6, 6.07) is 20.3. The van der Waals surface area contributed by atoms with Crippen LogP contribution in [0.4, 0.5) is 5.69 Å². The highest BCUT2D eigenvalue weighted by Gasteiger charge is 2.23. The van der Waals surface area contributed by atoms with Crippen molar-refractivity contribution in [3.63, 3.8) is 0 Å². The van der Waals surface area contributed by atoms with Gasteiger partial charge in [-0.15, -0.1) is 0 Å². The molecule has 0 fully saturated rings. The molecule has 3 rings (SSSR count). The van der Waals surface area contributed by atoms with E-state index in [1.54, 1.807) is 0 Å². The van der Waals surface area contributed by atoms with Crippen LogP contribution in [0, 0.1) is 0 Å². The van der Waals surface area contributed by atoms with Crippen molar-refractivity contribution in [1.82, 2.24) is 0 Å². The fraction of sp³-hybridized carbons (Fsp3) is 0.316. The molecule has 2 aromatic rings. The van der Waals surface area contributed by atoms with E-state index >= 15 is 0 Å². The second-order valence-electron chi connectivity index (χ2n) is 5.60. The van der Waals surface area contributed by atoms with Crippen molar-refractivity contribution in [3.05, 3.63) is 66.2 Å². The summed E-state index contributed by atoms with van der Waals surface area (Å²) in [4.78, 5) is 11.6. The van der Waals surface area contributed by atoms with Crippen LogP contribution < -0.4 is 5.06 Å². The Morgan fingerprint density at radius 2 is 1.78 bits per heavy atom. The van der Waals surface area contributed by atoms with Gasteiger partial charge in [-0.05, 0) is 24.1 Å². The molecular formula is C19H22N2O2. The predicted molar refractivity (Wildman–Crippen MR) is 92.2 cm³/mol. The molecule has 1 aliphatic heterocycles. The molecule has 2 aromatic carbocycles. The summed E-state index contributed by atoms with van der Waals surface area (Å²) in [5, 5.41) is 6.04. The third-order valence-corrected chi connectivity index (χ3v) is 3.85. The molecule has 1 unspecified atom stereocenters. The van der Waals surface area contributed by atoms with Crippen LogP contribution in [-0.4, -0.2) is 18.4 Å². The van der Waals surface area contributed by atoms with Gasteiger partial charge in [0, 0.05) is 6.42 Å². The topological polar surface area (TPSA) is 34.1 Å². The van der Waals surface area contributed by atoms with Crippen LogP contribution >= 0.6 is 0 Å². The summed E-state index contributed by atoms with van der Waals surface area (Å²) in [7, 11) is 0. The Morgan fingerprint density at radius 1 is 1.09 bits per heavy atom. The molecule has 0 amide bonds. The average Bonchev–Trinajstić information content (AvgIpc) is 3.08. The van der Waals surface area contributed by atoms with Gasteiger partial charge in [-0.1, -0.05) is 60.6 Å². The number of hydrogen-bond donors (Lipinski definition) is 0. The minimum Gasteiger partial charge on any atom is -0.390 e. The zero-order valence-electron chi connectivity index (χ0n) is 13.4. The standard InChI is InChI=1S/C19H22N2O2/c1-2-17-13-19(23-20-17)14-21(18-11-7-4-8-12-18)22-15-16-9-5-3-6-10-16/h3-12,19H,2,13-15H2,1H3. The lowest BCUT2D eigenvalue weighted by molar-refractivity contribution is 0.0372. The van der Waals surface area contributed by atoms with Gasteiger partial charge in [-0.2, -0.15) is 0 Å². The lowest BCUT2D eigenvalue weighted by atomic mass is 10.1. The lowest BCUT2D eigenvalue weighted by Crippen LogP contribution is -2.32. The van der Waals surface area contributed by atoms with Crippen molar-refractivity contribution in [2.75, 3.05) is 11.6 Å². The molecule has 0 aromatic heterocycles. The molecule has 1 atom stereocenters. The summed E-state index contributed by atoms with van der Waals surface area (Å²) in [5.74, 6) is 0. The molecule has 4 heteroatoms. The monoisotopic (exact) mass is 310 g/mol. The van der Waals surface area contributed by atoms with Gasteiger partial charge in [0.1, 0.15) is 0 Å². The maximum atomic E-state index is 6.05. The van der Waals surface area contributed by atoms with E-state index in [2.05, 4.69) is 24.2 Å². The number of oxime groups is 1. The van der Waals surface area contributed by atoms with E-state index in [1.165, 1.54) is 0 Å². The van der Waals surface area contributed by atoms with Crippen LogP contribution in [0.5, 0.6) is 0 Å². The fourth-order valence-electron chi connectivity index (χ4n) is 2.53. The third kappa shape index (κ3) is 4.33. The maximum absolute atomic E-state index is 6.05. The van der Waals surface area contributed by atoms with Crippen LogP contribution in [0.15, 0.2) is 65.8 Å². The summed E-state index contributed by atoms with van der Waals surface area (Å²) in [6.45, 7) is 3.29. The summed E-state index contributed by atoms with van der Waals surface area (Å²) < 4.78 is 0. The van der Waals surface area contributed by atoms with Gasteiger partial charge in [-0.3, -0.25) is 4.84 Å². The van der Waals surface area contributed by atoms with Gasteiger partial charge in [0.25, 0.3) is 0 Å². The highest BCUT2D eigenvalue weighted by atomic mass is 16.7. The first-order valence-electron chi connectivity index (χ1n) is 8.06. The lowest BCUT2D eigenvalue weighted by Gasteiger charge is -2.26. The van der Waals surface area contributed by atoms with Crippen LogP contribution in [0.3, 0.4) is 0 Å². The largest absolute Gasteiger partial charge is 0.390 e. The predicted octanol–water partition coefficient (Wildman–Crippen LogP) is 4.18. The fourth-order valence-corrected chi connectivity index (χ4v) is 2.53. The van der Waals surface area contributed by atoms with Gasteiger partial charge in [-0.25, -0.2) is 5.06 Å². The Hall–Kier alpha value is -2.33. The van der Waals surface area contributed by atoms with Crippen molar-refractivity contribution in [2.45, 2.75) is 32.5 Å². The number of anilines is 1. The first-order chi connectivity index (χ1) is 11.3. The number of rotatable bonds is 7. The number of nitrogens with zero attached hydrogens (tertiary/aromatic N) is 2. The van der Waals surface area contributed by atoms with Crippen molar-refractivity contribution >= 4 is 11.4 Å². The summed E-state index contributed by atoms with van der Waals surface area (Å²) >= 11 is 0. The minimum absolute atomic E-state index is 0.0425. The Balaban J connectivity index is 1.65. The SMILES string of the molecule is CCC1=NOC(CN(OCc2ccccc2)c2ccccc2)C1. The molecule has 0 radical (unpaired) electrons. The van der Waals surface area contributed by atoms with E-state index < -0.39 is 0 Å². The Bertz CT molecular complexity index is 628. The highest BCUT2D eigenvalue weighted by Crippen LogP contribution is 2.20. The molecule has 4 nitrogen and oxygen atoms in total. The number of para-hydroxylation sites is 1. The van der Waals surface area contributed by atoms with Gasteiger partial charge >= 0.3 is 0 Å². The molecule has 0 saturated carbocycles. The highest BCUT2D eigenvalue weighted by molar-refractivity contribution is 5.85. The molecule has 1 heterocycles. The van der Waals surface area contributed by atoms with E-state index in [0.717, 1.165) is 29.8 Å². The smallest absolute Gasteiger partial charge is 0.152 e. The van der Waals surface area contributed by atoms with Crippen molar-refractivity contribution in [3.8, 4) is 0 Å². The number of benzene rings is 2. The first kappa shape index (κ1) is 15.6. The molecule has 120 valence electrons. The van der Waals surface area contributed by atoms with Crippen LogP contribution in [0.1, 0.15) is 25.3 Å². The van der Waals surface area contributed by atoms with Crippen molar-refractivity contribution < 1.29 is 9.68 Å². The molecule has 0 aliphatic carbocycles. The van der Waals surface area contributed by atoms with E-state index in [1.807, 2.05) is 53.6 Å². The Labute approximate surface area is 137 Å². The van der Waals surface area contributed by atoms with Gasteiger partial charge in [0.05, 0.1) is 24.6 Å². The zero-order chi connectivity index (χ0) is 15.9. The zero-order valence-corrected chi connectivity index (χ0v) is 13.4. The van der Waals surface area contributed by atoms with E-state index in [9.17, 15) is 0 Å². The quantitative estimate of drug-likeness (QED) is 0.719. The minimum atomic E-state index is 0.0425. The third-order valence-electron chi connectivity index (χ3n) is 3.85. The number of hydroxylamine groups is 1. The van der Waals surface area contributed by atoms with Crippen molar-refractivity contribution in [1.29, 1.82) is 0 Å². The number of hydrogen-bond acceptors (Lipinski definition) is 4. The summed E-state index contributed by atoms with van der Waals surface area (Å²) in [5.41, 5.74) is 3.29. The van der Waals surface area contributed by atoms with E-state index in [4.69, 9.17) is 9.68 Å². The molecular weight excluding hydrogens is 288 g/mol. The molecule has 0 saturated heterocycles. The molecule has 0 N–H and O–H groups in total. The summed E-state index contributed by atoms with van der Waals surface area (Å²) in [6.07, 6.45) is 1.85. The van der Waals surface area contributed by atoms with Crippen LogP contribution in [-0.2, 0) is 16.3 Å². The van der Waals surface area contributed by atoms with Crippen LogP contribution in [0.25, 0.3) is 0 Å². The van der Waals surface area contributed by atoms with E-state index in [0.29, 0.717) is 13.2 Å². The van der Waals surface area contributed by atoms with Crippen LogP contribution in [0.2, 0.25) is 0 Å². The maximum Gasteiger partial charge on any atom is 0.152 e. The molecule has 1 aliphatic rings. The van der Waals surface area contributed by atoms with Crippen molar-refractivity contribution in [2.24, 2.45) is 5.16 Å². The van der Waals surface area contributed by atoms with Gasteiger partial charge < -0.3 is 4.84 Å². The second kappa shape index (κ2) is 7.79. The average molecular weight is 310 g/mol. The molecule has 23 heavy (non-hydrogen) atoms. The van der Waals surface area contributed by atoms with Gasteiger partial charge in [0.15, 0.2) is 6.10 Å². The molecule has 0 spiro atoms.